The van der Waals surface area contributed by atoms with E-state index in [9.17, 15) is 8.78 Å². The van der Waals surface area contributed by atoms with Crippen molar-refractivity contribution in [2.45, 2.75) is 13.3 Å². The first-order chi connectivity index (χ1) is 9.17. The Morgan fingerprint density at radius 3 is 2.47 bits per heavy atom. The van der Waals surface area contributed by atoms with Gasteiger partial charge in [-0.25, -0.2) is 8.78 Å². The zero-order valence-corrected chi connectivity index (χ0v) is 10.5. The average molecular weight is 264 g/mol. The Labute approximate surface area is 110 Å². The second-order valence-corrected chi connectivity index (χ2v) is 4.04. The first-order valence-corrected chi connectivity index (χ1v) is 6.00. The van der Waals surface area contributed by atoms with E-state index in [1.54, 1.807) is 12.3 Å². The van der Waals surface area contributed by atoms with Gasteiger partial charge in [0.05, 0.1) is 18.1 Å². The number of pyridine rings is 1. The maximum absolute atomic E-state index is 13.0. The third-order valence-electron chi connectivity index (χ3n) is 2.36. The molecule has 2 aromatic rings. The summed E-state index contributed by atoms with van der Waals surface area (Å²) in [4.78, 5) is 4.00. The summed E-state index contributed by atoms with van der Waals surface area (Å²) in [6, 6.07) is 4.76. The van der Waals surface area contributed by atoms with Gasteiger partial charge in [-0.3, -0.25) is 4.98 Å². The number of benzene rings is 1. The van der Waals surface area contributed by atoms with Crippen LogP contribution in [0.4, 0.5) is 14.5 Å². The number of nitrogens with one attached hydrogen (secondary N) is 1. The highest BCUT2D eigenvalue weighted by Gasteiger charge is 2.04. The van der Waals surface area contributed by atoms with Crippen LogP contribution in [0.1, 0.15) is 13.3 Å². The maximum atomic E-state index is 13.0. The van der Waals surface area contributed by atoms with Crippen LogP contribution in [0.3, 0.4) is 0 Å². The van der Waals surface area contributed by atoms with Gasteiger partial charge in [0.25, 0.3) is 0 Å². The Hall–Kier alpha value is -2.17. The van der Waals surface area contributed by atoms with Crippen LogP contribution in [-0.2, 0) is 0 Å². The molecule has 0 fully saturated rings. The van der Waals surface area contributed by atoms with Crippen LogP contribution in [0.25, 0.3) is 0 Å². The minimum absolute atomic E-state index is 0.104. The van der Waals surface area contributed by atoms with Crippen molar-refractivity contribution < 1.29 is 13.5 Å². The molecule has 0 bridgehead atoms. The normalized spacial score (nSPS) is 10.3. The van der Waals surface area contributed by atoms with Crippen molar-refractivity contribution in [2.75, 3.05) is 11.9 Å². The molecule has 0 aliphatic carbocycles. The number of hydrogen-bond donors (Lipinski definition) is 1. The molecule has 0 aliphatic rings. The van der Waals surface area contributed by atoms with Crippen molar-refractivity contribution in [1.29, 1.82) is 0 Å². The summed E-state index contributed by atoms with van der Waals surface area (Å²) in [5.74, 6) is -0.829. The van der Waals surface area contributed by atoms with Crippen molar-refractivity contribution in [1.82, 2.24) is 4.98 Å². The minimum Gasteiger partial charge on any atom is -0.455 e. The summed E-state index contributed by atoms with van der Waals surface area (Å²) in [7, 11) is 0. The van der Waals surface area contributed by atoms with Crippen LogP contribution >= 0.6 is 0 Å². The topological polar surface area (TPSA) is 34.2 Å². The largest absolute Gasteiger partial charge is 0.455 e. The predicted molar refractivity (Wildman–Crippen MR) is 69.4 cm³/mol. The summed E-state index contributed by atoms with van der Waals surface area (Å²) in [6.07, 6.45) is 4.13. The molecule has 0 saturated carbocycles. The molecular formula is C14H14F2N2O. The van der Waals surface area contributed by atoms with E-state index in [0.717, 1.165) is 36.9 Å². The van der Waals surface area contributed by atoms with Gasteiger partial charge in [-0.05, 0) is 6.42 Å². The van der Waals surface area contributed by atoms with Crippen molar-refractivity contribution in [3.63, 3.8) is 0 Å². The highest BCUT2D eigenvalue weighted by atomic mass is 19.1. The van der Waals surface area contributed by atoms with Crippen LogP contribution in [0, 0.1) is 11.6 Å². The number of hydrogen-bond acceptors (Lipinski definition) is 3. The quantitative estimate of drug-likeness (QED) is 0.887. The number of halogens is 2. The molecule has 1 aromatic carbocycles. The Kier molecular flexibility index (Phi) is 4.28. The summed E-state index contributed by atoms with van der Waals surface area (Å²) in [5.41, 5.74) is 0.802. The first-order valence-electron chi connectivity index (χ1n) is 6.00. The molecule has 1 aromatic heterocycles. The molecule has 0 radical (unpaired) electrons. The Morgan fingerprint density at radius 1 is 1.05 bits per heavy atom. The van der Waals surface area contributed by atoms with Gasteiger partial charge >= 0.3 is 0 Å². The molecule has 2 rings (SSSR count). The zero-order valence-electron chi connectivity index (χ0n) is 10.5. The lowest BCUT2D eigenvalue weighted by Crippen LogP contribution is -2.00. The fraction of sp³-hybridized carbons (Fsp3) is 0.214. The van der Waals surface area contributed by atoms with Crippen molar-refractivity contribution in [3.05, 3.63) is 48.3 Å². The molecule has 1 heterocycles. The maximum Gasteiger partial charge on any atom is 0.147 e. The van der Waals surface area contributed by atoms with Gasteiger partial charge in [0.15, 0.2) is 0 Å². The molecule has 0 unspecified atom stereocenters. The average Bonchev–Trinajstić information content (AvgIpc) is 2.35. The van der Waals surface area contributed by atoms with E-state index in [4.69, 9.17) is 4.74 Å². The fourth-order valence-electron chi connectivity index (χ4n) is 1.56. The molecule has 19 heavy (non-hydrogen) atoms. The van der Waals surface area contributed by atoms with E-state index in [0.29, 0.717) is 5.75 Å². The monoisotopic (exact) mass is 264 g/mol. The van der Waals surface area contributed by atoms with Crippen LogP contribution < -0.4 is 10.1 Å². The van der Waals surface area contributed by atoms with E-state index >= 15 is 0 Å². The van der Waals surface area contributed by atoms with Crippen LogP contribution in [0.5, 0.6) is 11.5 Å². The minimum atomic E-state index is -0.678. The lowest BCUT2D eigenvalue weighted by atomic mass is 10.3. The van der Waals surface area contributed by atoms with Gasteiger partial charge in [-0.1, -0.05) is 6.92 Å². The van der Waals surface area contributed by atoms with Crippen LogP contribution in [0.2, 0.25) is 0 Å². The summed E-state index contributed by atoms with van der Waals surface area (Å²) >= 11 is 0. The molecule has 0 atom stereocenters. The number of rotatable bonds is 5. The van der Waals surface area contributed by atoms with Crippen molar-refractivity contribution in [3.8, 4) is 11.5 Å². The van der Waals surface area contributed by atoms with Gasteiger partial charge in [-0.15, -0.1) is 0 Å². The number of aromatic nitrogens is 1. The second kappa shape index (κ2) is 6.13. The van der Waals surface area contributed by atoms with Crippen molar-refractivity contribution >= 4 is 5.69 Å². The smallest absolute Gasteiger partial charge is 0.147 e. The van der Waals surface area contributed by atoms with Crippen molar-refractivity contribution in [2.24, 2.45) is 0 Å². The Bertz CT molecular complexity index is 541. The van der Waals surface area contributed by atoms with Crippen LogP contribution in [-0.4, -0.2) is 11.5 Å². The van der Waals surface area contributed by atoms with Gasteiger partial charge < -0.3 is 10.1 Å². The molecule has 0 aliphatic heterocycles. The highest BCUT2D eigenvalue weighted by Crippen LogP contribution is 2.24. The lowest BCUT2D eigenvalue weighted by Gasteiger charge is -2.08. The van der Waals surface area contributed by atoms with Gasteiger partial charge in [-0.2, -0.15) is 0 Å². The van der Waals surface area contributed by atoms with E-state index in [-0.39, 0.29) is 5.75 Å². The van der Waals surface area contributed by atoms with E-state index in [1.807, 2.05) is 0 Å². The van der Waals surface area contributed by atoms with E-state index in [2.05, 4.69) is 17.2 Å². The lowest BCUT2D eigenvalue weighted by molar-refractivity contribution is 0.466. The molecule has 100 valence electrons. The van der Waals surface area contributed by atoms with Crippen LogP contribution in [0.15, 0.2) is 36.7 Å². The SMILES string of the molecule is CCCNc1cncc(Oc2cc(F)cc(F)c2)c1. The first kappa shape index (κ1) is 13.3. The zero-order chi connectivity index (χ0) is 13.7. The third kappa shape index (κ3) is 3.91. The highest BCUT2D eigenvalue weighted by molar-refractivity contribution is 5.46. The van der Waals surface area contributed by atoms with E-state index < -0.39 is 11.6 Å². The second-order valence-electron chi connectivity index (χ2n) is 4.04. The summed E-state index contributed by atoms with van der Waals surface area (Å²) in [5, 5.41) is 3.15. The number of anilines is 1. The van der Waals surface area contributed by atoms with Gasteiger partial charge in [0.2, 0.25) is 0 Å². The standard InChI is InChI=1S/C14H14F2N2O/c1-2-3-18-12-7-14(9-17-8-12)19-13-5-10(15)4-11(16)6-13/h4-9,18H,2-3H2,1H3. The molecule has 0 saturated heterocycles. The predicted octanol–water partition coefficient (Wildman–Crippen LogP) is 3.97. The molecular weight excluding hydrogens is 250 g/mol. The molecule has 5 heteroatoms. The molecule has 3 nitrogen and oxygen atoms in total. The Morgan fingerprint density at radius 2 is 1.79 bits per heavy atom. The number of ether oxygens (including phenoxy) is 1. The molecule has 0 spiro atoms. The summed E-state index contributed by atoms with van der Waals surface area (Å²) in [6.45, 7) is 2.87. The summed E-state index contributed by atoms with van der Waals surface area (Å²) < 4.78 is 31.4. The third-order valence-corrected chi connectivity index (χ3v) is 2.36. The molecule has 1 N–H and O–H groups in total. The molecule has 0 amide bonds. The van der Waals surface area contributed by atoms with E-state index in [1.165, 1.54) is 6.20 Å². The Balaban J connectivity index is 2.13. The number of nitrogens with zero attached hydrogens (tertiary/aromatic N) is 1. The van der Waals surface area contributed by atoms with Gasteiger partial charge in [0, 0.05) is 30.8 Å². The fourth-order valence-corrected chi connectivity index (χ4v) is 1.56. The van der Waals surface area contributed by atoms with Gasteiger partial charge in [0.1, 0.15) is 23.1 Å².